The molecule has 0 aliphatic heterocycles. The van der Waals surface area contributed by atoms with Crippen LogP contribution >= 0.6 is 11.6 Å². The van der Waals surface area contributed by atoms with Crippen LogP contribution in [0.25, 0.3) is 0 Å². The highest BCUT2D eigenvalue weighted by atomic mass is 35.5. The van der Waals surface area contributed by atoms with Crippen molar-refractivity contribution >= 4 is 23.0 Å². The highest BCUT2D eigenvalue weighted by molar-refractivity contribution is 6.33. The Morgan fingerprint density at radius 3 is 2.76 bits per heavy atom. The SMILES string of the molecule is CC(C)CCCNc1c(Cl)cccc1[N+](=O)[O-]. The van der Waals surface area contributed by atoms with Gasteiger partial charge in [0.25, 0.3) is 5.69 Å². The average molecular weight is 257 g/mol. The highest BCUT2D eigenvalue weighted by Gasteiger charge is 2.15. The van der Waals surface area contributed by atoms with Crippen molar-refractivity contribution in [3.8, 4) is 0 Å². The largest absolute Gasteiger partial charge is 0.378 e. The lowest BCUT2D eigenvalue weighted by molar-refractivity contribution is -0.383. The third kappa shape index (κ3) is 4.23. The molecule has 5 heteroatoms. The van der Waals surface area contributed by atoms with Crippen LogP contribution in [0, 0.1) is 16.0 Å². The third-order valence-corrected chi connectivity index (χ3v) is 2.76. The van der Waals surface area contributed by atoms with E-state index in [4.69, 9.17) is 11.6 Å². The van der Waals surface area contributed by atoms with Crippen LogP contribution in [0.2, 0.25) is 5.02 Å². The molecule has 94 valence electrons. The minimum absolute atomic E-state index is 0.0297. The molecule has 0 radical (unpaired) electrons. The molecule has 0 unspecified atom stereocenters. The van der Waals surface area contributed by atoms with Gasteiger partial charge in [-0.3, -0.25) is 10.1 Å². The number of rotatable bonds is 6. The summed E-state index contributed by atoms with van der Waals surface area (Å²) in [4.78, 5) is 10.4. The summed E-state index contributed by atoms with van der Waals surface area (Å²) in [6.45, 7) is 5.00. The van der Waals surface area contributed by atoms with E-state index >= 15 is 0 Å². The minimum atomic E-state index is -0.420. The molecule has 1 aromatic carbocycles. The number of para-hydroxylation sites is 1. The van der Waals surface area contributed by atoms with Gasteiger partial charge in [0.2, 0.25) is 0 Å². The van der Waals surface area contributed by atoms with Gasteiger partial charge in [-0.05, 0) is 24.8 Å². The number of hydrogen-bond acceptors (Lipinski definition) is 3. The summed E-state index contributed by atoms with van der Waals surface area (Å²) in [5, 5.41) is 14.3. The van der Waals surface area contributed by atoms with Gasteiger partial charge in [-0.2, -0.15) is 0 Å². The van der Waals surface area contributed by atoms with Crippen LogP contribution in [0.3, 0.4) is 0 Å². The summed E-state index contributed by atoms with van der Waals surface area (Å²) in [7, 11) is 0. The maximum atomic E-state index is 10.8. The fourth-order valence-corrected chi connectivity index (χ4v) is 1.80. The van der Waals surface area contributed by atoms with E-state index in [1.165, 1.54) is 6.07 Å². The minimum Gasteiger partial charge on any atom is -0.378 e. The number of nitrogens with one attached hydrogen (secondary N) is 1. The molecule has 0 fully saturated rings. The molecule has 0 saturated carbocycles. The second-order valence-corrected chi connectivity index (χ2v) is 4.76. The number of halogens is 1. The van der Waals surface area contributed by atoms with Crippen LogP contribution in [0.1, 0.15) is 26.7 Å². The van der Waals surface area contributed by atoms with Crippen molar-refractivity contribution in [3.05, 3.63) is 33.3 Å². The highest BCUT2D eigenvalue weighted by Crippen LogP contribution is 2.31. The van der Waals surface area contributed by atoms with E-state index in [1.54, 1.807) is 12.1 Å². The van der Waals surface area contributed by atoms with Gasteiger partial charge >= 0.3 is 0 Å². The van der Waals surface area contributed by atoms with Gasteiger partial charge in [0.15, 0.2) is 0 Å². The van der Waals surface area contributed by atoms with Gasteiger partial charge in [-0.25, -0.2) is 0 Å². The Kier molecular flexibility index (Phi) is 5.22. The molecule has 0 saturated heterocycles. The Hall–Kier alpha value is -1.29. The normalized spacial score (nSPS) is 10.6. The Labute approximate surface area is 106 Å². The summed E-state index contributed by atoms with van der Waals surface area (Å²) in [5.74, 6) is 0.637. The average Bonchev–Trinajstić information content (AvgIpc) is 2.25. The Balaban J connectivity index is 2.66. The topological polar surface area (TPSA) is 55.2 Å². The number of nitro benzene ring substituents is 1. The van der Waals surface area contributed by atoms with Gasteiger partial charge in [0.1, 0.15) is 5.69 Å². The van der Waals surface area contributed by atoms with Crippen molar-refractivity contribution in [1.82, 2.24) is 0 Å². The number of benzene rings is 1. The number of anilines is 1. The van der Waals surface area contributed by atoms with Crippen LogP contribution in [-0.4, -0.2) is 11.5 Å². The lowest BCUT2D eigenvalue weighted by Gasteiger charge is -2.09. The summed E-state index contributed by atoms with van der Waals surface area (Å²) in [5.41, 5.74) is 0.449. The fraction of sp³-hybridized carbons (Fsp3) is 0.500. The monoisotopic (exact) mass is 256 g/mol. The van der Waals surface area contributed by atoms with Gasteiger partial charge in [-0.1, -0.05) is 31.5 Å². The van der Waals surface area contributed by atoms with Gasteiger partial charge in [-0.15, -0.1) is 0 Å². The summed E-state index contributed by atoms with van der Waals surface area (Å²) < 4.78 is 0. The molecule has 0 aromatic heterocycles. The first-order valence-electron chi connectivity index (χ1n) is 5.69. The summed E-state index contributed by atoms with van der Waals surface area (Å²) >= 11 is 5.95. The van der Waals surface area contributed by atoms with E-state index in [-0.39, 0.29) is 5.69 Å². The quantitative estimate of drug-likeness (QED) is 0.474. The smallest absolute Gasteiger partial charge is 0.293 e. The molecular formula is C12H17ClN2O2. The van der Waals surface area contributed by atoms with Gasteiger partial charge < -0.3 is 5.32 Å². The van der Waals surface area contributed by atoms with Crippen molar-refractivity contribution in [2.24, 2.45) is 5.92 Å². The van der Waals surface area contributed by atoms with Crippen molar-refractivity contribution in [3.63, 3.8) is 0 Å². The van der Waals surface area contributed by atoms with Gasteiger partial charge in [0.05, 0.1) is 9.95 Å². The summed E-state index contributed by atoms with van der Waals surface area (Å²) in [6, 6.07) is 4.69. The van der Waals surface area contributed by atoms with Crippen LogP contribution in [-0.2, 0) is 0 Å². The van der Waals surface area contributed by atoms with Crippen molar-refractivity contribution in [2.45, 2.75) is 26.7 Å². The summed E-state index contributed by atoms with van der Waals surface area (Å²) in [6.07, 6.45) is 2.06. The van der Waals surface area contributed by atoms with E-state index in [0.717, 1.165) is 12.8 Å². The molecule has 0 amide bonds. The molecule has 0 aliphatic rings. The molecule has 0 bridgehead atoms. The number of nitrogens with zero attached hydrogens (tertiary/aromatic N) is 1. The standard InChI is InChI=1S/C12H17ClN2O2/c1-9(2)5-4-8-14-12-10(13)6-3-7-11(12)15(16)17/h3,6-7,9,14H,4-5,8H2,1-2H3. The van der Waals surface area contributed by atoms with Gasteiger partial charge in [0, 0.05) is 12.6 Å². The third-order valence-electron chi connectivity index (χ3n) is 2.45. The maximum Gasteiger partial charge on any atom is 0.293 e. The van der Waals surface area contributed by atoms with Crippen molar-refractivity contribution in [1.29, 1.82) is 0 Å². The maximum absolute atomic E-state index is 10.8. The van der Waals surface area contributed by atoms with Crippen LogP contribution < -0.4 is 5.32 Å². The predicted molar refractivity (Wildman–Crippen MR) is 70.7 cm³/mol. The predicted octanol–water partition coefficient (Wildman–Crippen LogP) is 4.10. The lowest BCUT2D eigenvalue weighted by Crippen LogP contribution is -2.06. The number of hydrogen-bond donors (Lipinski definition) is 1. The molecule has 1 aromatic rings. The second kappa shape index (κ2) is 6.45. The van der Waals surface area contributed by atoms with E-state index in [1.807, 2.05) is 0 Å². The van der Waals surface area contributed by atoms with Crippen LogP contribution in [0.15, 0.2) is 18.2 Å². The molecule has 0 spiro atoms. The second-order valence-electron chi connectivity index (χ2n) is 4.35. The molecule has 0 heterocycles. The lowest BCUT2D eigenvalue weighted by atomic mass is 10.1. The van der Waals surface area contributed by atoms with E-state index < -0.39 is 4.92 Å². The molecule has 0 atom stereocenters. The molecule has 17 heavy (non-hydrogen) atoms. The van der Waals surface area contributed by atoms with E-state index in [9.17, 15) is 10.1 Å². The molecule has 4 nitrogen and oxygen atoms in total. The molecule has 1 rings (SSSR count). The Morgan fingerprint density at radius 2 is 2.18 bits per heavy atom. The zero-order valence-electron chi connectivity index (χ0n) is 10.1. The fourth-order valence-electron chi connectivity index (χ4n) is 1.56. The Morgan fingerprint density at radius 1 is 1.47 bits per heavy atom. The van der Waals surface area contributed by atoms with Crippen LogP contribution in [0.4, 0.5) is 11.4 Å². The van der Waals surface area contributed by atoms with E-state index in [2.05, 4.69) is 19.2 Å². The molecule has 1 N–H and O–H groups in total. The van der Waals surface area contributed by atoms with Crippen LogP contribution in [0.5, 0.6) is 0 Å². The van der Waals surface area contributed by atoms with Crippen molar-refractivity contribution in [2.75, 3.05) is 11.9 Å². The first-order chi connectivity index (χ1) is 8.02. The van der Waals surface area contributed by atoms with E-state index in [0.29, 0.717) is 23.2 Å². The molecular weight excluding hydrogens is 240 g/mol. The van der Waals surface area contributed by atoms with Crippen molar-refractivity contribution < 1.29 is 4.92 Å². The first kappa shape index (κ1) is 13.8. The zero-order valence-corrected chi connectivity index (χ0v) is 10.8. The number of nitro groups is 1. The Bertz CT molecular complexity index is 394. The zero-order chi connectivity index (χ0) is 12.8. The molecule has 0 aliphatic carbocycles. The first-order valence-corrected chi connectivity index (χ1v) is 6.07.